The maximum Gasteiger partial charge on any atom is 0.216 e. The van der Waals surface area contributed by atoms with Gasteiger partial charge in [0.1, 0.15) is 0 Å². The molecular formula is C7H15NO3S. The third-order valence-electron chi connectivity index (χ3n) is 1.95. The Labute approximate surface area is 73.2 Å². The fourth-order valence-electron chi connectivity index (χ4n) is 1.35. The summed E-state index contributed by atoms with van der Waals surface area (Å²) in [6.07, 6.45) is 0. The molecular weight excluding hydrogens is 178 g/mol. The monoisotopic (exact) mass is 193 g/mol. The molecule has 1 aliphatic heterocycles. The fraction of sp³-hybridized carbons (Fsp3) is 1.00. The number of hydrogen-bond donors (Lipinski definition) is 1. The Kier molecular flexibility index (Phi) is 2.47. The molecule has 0 aromatic heterocycles. The Hall–Kier alpha value is -0.130. The van der Waals surface area contributed by atoms with Crippen LogP contribution in [0.2, 0.25) is 0 Å². The Bertz CT molecular complexity index is 250. The van der Waals surface area contributed by atoms with Crippen LogP contribution in [0, 0.1) is 5.41 Å². The van der Waals surface area contributed by atoms with Gasteiger partial charge in [-0.2, -0.15) is 0 Å². The lowest BCUT2D eigenvalue weighted by Crippen LogP contribution is -2.56. The van der Waals surface area contributed by atoms with Crippen molar-refractivity contribution in [3.8, 4) is 0 Å². The van der Waals surface area contributed by atoms with Crippen molar-refractivity contribution in [1.29, 1.82) is 0 Å². The van der Waals surface area contributed by atoms with Crippen LogP contribution in [0.3, 0.4) is 0 Å². The van der Waals surface area contributed by atoms with E-state index >= 15 is 0 Å². The summed E-state index contributed by atoms with van der Waals surface area (Å²) in [6, 6.07) is 0. The second kappa shape index (κ2) is 2.97. The Morgan fingerprint density at radius 2 is 1.92 bits per heavy atom. The average Bonchev–Trinajstić information content (AvgIpc) is 1.82. The molecule has 0 saturated carbocycles. The van der Waals surface area contributed by atoms with E-state index in [-0.39, 0.29) is 17.8 Å². The maximum atomic E-state index is 11.3. The highest BCUT2D eigenvalue weighted by atomic mass is 32.2. The van der Waals surface area contributed by atoms with E-state index in [4.69, 9.17) is 5.11 Å². The van der Waals surface area contributed by atoms with Crippen molar-refractivity contribution in [3.63, 3.8) is 0 Å². The SMILES string of the molecule is CC1(C)CN(S(=O)(=O)CCO)C1. The van der Waals surface area contributed by atoms with E-state index in [0.717, 1.165) is 0 Å². The van der Waals surface area contributed by atoms with Gasteiger partial charge in [0.25, 0.3) is 0 Å². The highest BCUT2D eigenvalue weighted by Gasteiger charge is 2.40. The molecule has 0 radical (unpaired) electrons. The molecule has 0 spiro atoms. The Morgan fingerprint density at radius 1 is 1.42 bits per heavy atom. The van der Waals surface area contributed by atoms with Crippen LogP contribution >= 0.6 is 0 Å². The fourth-order valence-corrected chi connectivity index (χ4v) is 2.93. The van der Waals surface area contributed by atoms with E-state index in [1.165, 1.54) is 4.31 Å². The summed E-state index contributed by atoms with van der Waals surface area (Å²) >= 11 is 0. The molecule has 0 bridgehead atoms. The molecule has 72 valence electrons. The molecule has 0 aromatic rings. The van der Waals surface area contributed by atoms with Crippen molar-refractivity contribution in [2.45, 2.75) is 13.8 Å². The minimum absolute atomic E-state index is 0.114. The average molecular weight is 193 g/mol. The third kappa shape index (κ3) is 1.97. The van der Waals surface area contributed by atoms with Gasteiger partial charge in [0.2, 0.25) is 10.0 Å². The minimum Gasteiger partial charge on any atom is -0.395 e. The van der Waals surface area contributed by atoms with Crippen LogP contribution < -0.4 is 0 Å². The number of nitrogens with zero attached hydrogens (tertiary/aromatic N) is 1. The highest BCUT2D eigenvalue weighted by Crippen LogP contribution is 2.30. The van der Waals surface area contributed by atoms with Crippen LogP contribution in [-0.4, -0.2) is 43.3 Å². The molecule has 1 saturated heterocycles. The Morgan fingerprint density at radius 3 is 2.25 bits per heavy atom. The normalized spacial score (nSPS) is 23.6. The largest absolute Gasteiger partial charge is 0.395 e. The zero-order chi connectivity index (χ0) is 9.41. The van der Waals surface area contributed by atoms with Gasteiger partial charge in [-0.15, -0.1) is 0 Å². The first-order chi connectivity index (χ1) is 5.37. The number of hydrogen-bond acceptors (Lipinski definition) is 3. The molecule has 0 amide bonds. The molecule has 0 atom stereocenters. The first-order valence-electron chi connectivity index (χ1n) is 3.96. The third-order valence-corrected chi connectivity index (χ3v) is 3.69. The van der Waals surface area contributed by atoms with Crippen LogP contribution in [0.15, 0.2) is 0 Å². The number of sulfonamides is 1. The molecule has 1 heterocycles. The minimum atomic E-state index is -3.16. The van der Waals surface area contributed by atoms with E-state index in [0.29, 0.717) is 13.1 Å². The topological polar surface area (TPSA) is 57.6 Å². The van der Waals surface area contributed by atoms with Crippen LogP contribution in [0.4, 0.5) is 0 Å². The molecule has 1 aliphatic rings. The molecule has 0 unspecified atom stereocenters. The molecule has 1 fully saturated rings. The molecule has 12 heavy (non-hydrogen) atoms. The molecule has 1 N–H and O–H groups in total. The Balaban J connectivity index is 2.53. The lowest BCUT2D eigenvalue weighted by Gasteiger charge is -2.44. The van der Waals surface area contributed by atoms with Crippen molar-refractivity contribution in [1.82, 2.24) is 4.31 Å². The predicted molar refractivity (Wildman–Crippen MR) is 46.2 cm³/mol. The number of aliphatic hydroxyl groups is 1. The smallest absolute Gasteiger partial charge is 0.216 e. The van der Waals surface area contributed by atoms with Crippen LogP contribution in [0.5, 0.6) is 0 Å². The molecule has 4 nitrogen and oxygen atoms in total. The van der Waals surface area contributed by atoms with Gasteiger partial charge in [0.05, 0.1) is 12.4 Å². The van der Waals surface area contributed by atoms with Gasteiger partial charge in [-0.1, -0.05) is 13.8 Å². The van der Waals surface area contributed by atoms with E-state index in [1.807, 2.05) is 13.8 Å². The van der Waals surface area contributed by atoms with Crippen molar-refractivity contribution >= 4 is 10.0 Å². The predicted octanol–water partition coefficient (Wildman–Crippen LogP) is -0.350. The van der Waals surface area contributed by atoms with Gasteiger partial charge in [-0.05, 0) is 5.41 Å². The van der Waals surface area contributed by atoms with Gasteiger partial charge in [0.15, 0.2) is 0 Å². The van der Waals surface area contributed by atoms with Gasteiger partial charge in [-0.3, -0.25) is 0 Å². The van der Waals surface area contributed by atoms with Crippen LogP contribution in [0.1, 0.15) is 13.8 Å². The summed E-state index contributed by atoms with van der Waals surface area (Å²) in [7, 11) is -3.16. The van der Waals surface area contributed by atoms with Gasteiger partial charge in [0, 0.05) is 13.1 Å². The second-order valence-electron chi connectivity index (χ2n) is 3.97. The molecule has 1 rings (SSSR count). The van der Waals surface area contributed by atoms with Crippen molar-refractivity contribution in [3.05, 3.63) is 0 Å². The summed E-state index contributed by atoms with van der Waals surface area (Å²) < 4.78 is 24.0. The van der Waals surface area contributed by atoms with Crippen molar-refractivity contribution in [2.75, 3.05) is 25.4 Å². The van der Waals surface area contributed by atoms with Gasteiger partial charge >= 0.3 is 0 Å². The van der Waals surface area contributed by atoms with E-state index < -0.39 is 10.0 Å². The molecule has 5 heteroatoms. The van der Waals surface area contributed by atoms with Gasteiger partial charge in [-0.25, -0.2) is 12.7 Å². The molecule has 0 aliphatic carbocycles. The summed E-state index contributed by atoms with van der Waals surface area (Å²) in [6.45, 7) is 4.92. The maximum absolute atomic E-state index is 11.3. The zero-order valence-corrected chi connectivity index (χ0v) is 8.26. The van der Waals surface area contributed by atoms with E-state index in [2.05, 4.69) is 0 Å². The van der Waals surface area contributed by atoms with Crippen LogP contribution in [0.25, 0.3) is 0 Å². The lowest BCUT2D eigenvalue weighted by atomic mass is 9.87. The van der Waals surface area contributed by atoms with Crippen molar-refractivity contribution in [2.24, 2.45) is 5.41 Å². The first-order valence-corrected chi connectivity index (χ1v) is 5.57. The quantitative estimate of drug-likeness (QED) is 0.666. The van der Waals surface area contributed by atoms with Gasteiger partial charge < -0.3 is 5.11 Å². The summed E-state index contributed by atoms with van der Waals surface area (Å²) in [5.41, 5.74) is 0.114. The summed E-state index contributed by atoms with van der Waals surface area (Å²) in [5.74, 6) is -0.150. The second-order valence-corrected chi connectivity index (χ2v) is 6.06. The van der Waals surface area contributed by atoms with E-state index in [1.54, 1.807) is 0 Å². The molecule has 0 aromatic carbocycles. The van der Waals surface area contributed by atoms with E-state index in [9.17, 15) is 8.42 Å². The summed E-state index contributed by atoms with van der Waals surface area (Å²) in [5, 5.41) is 8.49. The van der Waals surface area contributed by atoms with Crippen LogP contribution in [-0.2, 0) is 10.0 Å². The zero-order valence-electron chi connectivity index (χ0n) is 7.45. The number of rotatable bonds is 3. The standard InChI is InChI=1S/C7H15NO3S/c1-7(2)5-8(6-7)12(10,11)4-3-9/h9H,3-6H2,1-2H3. The highest BCUT2D eigenvalue weighted by molar-refractivity contribution is 7.89. The van der Waals surface area contributed by atoms with Crippen molar-refractivity contribution < 1.29 is 13.5 Å². The first kappa shape index (κ1) is 9.95. The summed E-state index contributed by atoms with van der Waals surface area (Å²) in [4.78, 5) is 0. The lowest BCUT2D eigenvalue weighted by molar-refractivity contribution is 0.110. The number of aliphatic hydroxyl groups excluding tert-OH is 1.